The van der Waals surface area contributed by atoms with Crippen molar-refractivity contribution >= 4 is 11.6 Å². The average Bonchev–Trinajstić information content (AvgIpc) is 3.03. The quantitative estimate of drug-likeness (QED) is 0.700. The number of hydrogen-bond donors (Lipinski definition) is 3. The molecule has 2 rings (SSSR count). The Kier molecular flexibility index (Phi) is 4.07. The van der Waals surface area contributed by atoms with Crippen LogP contribution in [0.3, 0.4) is 0 Å². The van der Waals surface area contributed by atoms with Gasteiger partial charge in [-0.05, 0) is 19.3 Å². The number of aromatic amines is 1. The zero-order chi connectivity index (χ0) is 12.3. The van der Waals surface area contributed by atoms with Gasteiger partial charge in [0, 0.05) is 18.5 Å². The summed E-state index contributed by atoms with van der Waals surface area (Å²) in [5, 5.41) is 13.1. The second-order valence-corrected chi connectivity index (χ2v) is 5.21. The highest BCUT2D eigenvalue weighted by Gasteiger charge is 2.41. The molecule has 0 amide bonds. The molecule has 17 heavy (non-hydrogen) atoms. The number of aryl methyl sites for hydroxylation is 1. The van der Waals surface area contributed by atoms with Gasteiger partial charge in [0.25, 0.3) is 0 Å². The fourth-order valence-corrected chi connectivity index (χ4v) is 2.05. The van der Waals surface area contributed by atoms with Crippen LogP contribution in [0.1, 0.15) is 44.1 Å². The van der Waals surface area contributed by atoms with Crippen molar-refractivity contribution in [2.45, 2.75) is 51.1 Å². The van der Waals surface area contributed by atoms with Crippen LogP contribution in [0.4, 0.5) is 0 Å². The molecule has 96 valence electrons. The second-order valence-electron chi connectivity index (χ2n) is 4.85. The van der Waals surface area contributed by atoms with Crippen LogP contribution in [0.2, 0.25) is 5.15 Å². The molecule has 1 heterocycles. The van der Waals surface area contributed by atoms with E-state index in [0.29, 0.717) is 11.7 Å². The molecule has 5 heteroatoms. The number of aliphatic hydroxyl groups excluding tert-OH is 1. The topological polar surface area (TPSA) is 60.9 Å². The Hall–Kier alpha value is -0.580. The number of aromatic nitrogens is 2. The first-order valence-electron chi connectivity index (χ1n) is 6.28. The van der Waals surface area contributed by atoms with Crippen molar-refractivity contribution < 1.29 is 5.11 Å². The standard InChI is InChI=1S/C12H20ClN3O/c1-2-3-4-10-15-9(11(13)16-10)7-14-12(8-17)5-6-12/h14,17H,2-8H2,1H3,(H,15,16). The predicted octanol–water partition coefficient (Wildman–Crippen LogP) is 2.02. The number of halogens is 1. The van der Waals surface area contributed by atoms with Crippen LogP contribution in [0.15, 0.2) is 0 Å². The Morgan fingerprint density at radius 2 is 2.29 bits per heavy atom. The molecule has 1 saturated carbocycles. The summed E-state index contributed by atoms with van der Waals surface area (Å²) in [6, 6.07) is 0. The molecule has 0 spiro atoms. The molecule has 1 aromatic rings. The number of H-pyrrole nitrogens is 1. The molecule has 0 unspecified atom stereocenters. The van der Waals surface area contributed by atoms with Gasteiger partial charge in [-0.25, -0.2) is 4.98 Å². The Bertz CT molecular complexity index is 374. The Labute approximate surface area is 107 Å². The molecule has 4 nitrogen and oxygen atoms in total. The van der Waals surface area contributed by atoms with Crippen molar-refractivity contribution in [1.82, 2.24) is 15.3 Å². The third kappa shape index (κ3) is 3.21. The molecule has 1 aliphatic rings. The molecule has 0 bridgehead atoms. The first kappa shape index (κ1) is 12.9. The van der Waals surface area contributed by atoms with E-state index in [9.17, 15) is 5.11 Å². The van der Waals surface area contributed by atoms with E-state index < -0.39 is 0 Å². The number of nitrogens with zero attached hydrogens (tertiary/aromatic N) is 1. The van der Waals surface area contributed by atoms with Crippen LogP contribution in [-0.2, 0) is 13.0 Å². The van der Waals surface area contributed by atoms with E-state index >= 15 is 0 Å². The summed E-state index contributed by atoms with van der Waals surface area (Å²) < 4.78 is 0. The third-order valence-corrected chi connectivity index (χ3v) is 3.65. The smallest absolute Gasteiger partial charge is 0.151 e. The lowest BCUT2D eigenvalue weighted by molar-refractivity contribution is 0.229. The SMILES string of the molecule is CCCCc1nc(Cl)c(CNC2(CO)CC2)[nH]1. The third-order valence-electron chi connectivity index (χ3n) is 3.34. The van der Waals surface area contributed by atoms with Gasteiger partial charge in [-0.2, -0.15) is 0 Å². The molecule has 0 aliphatic heterocycles. The lowest BCUT2D eigenvalue weighted by Crippen LogP contribution is -2.34. The van der Waals surface area contributed by atoms with Gasteiger partial charge in [0.1, 0.15) is 5.82 Å². The first-order chi connectivity index (χ1) is 8.19. The molecule has 1 aliphatic carbocycles. The van der Waals surface area contributed by atoms with Gasteiger partial charge in [-0.3, -0.25) is 0 Å². The van der Waals surface area contributed by atoms with Gasteiger partial charge in [0.15, 0.2) is 5.15 Å². The Morgan fingerprint density at radius 1 is 1.53 bits per heavy atom. The number of unbranched alkanes of at least 4 members (excludes halogenated alkanes) is 1. The van der Waals surface area contributed by atoms with Crippen molar-refractivity contribution in [3.8, 4) is 0 Å². The van der Waals surface area contributed by atoms with Crippen LogP contribution in [0, 0.1) is 0 Å². The van der Waals surface area contributed by atoms with Crippen molar-refractivity contribution in [2.75, 3.05) is 6.61 Å². The summed E-state index contributed by atoms with van der Waals surface area (Å²) >= 11 is 6.07. The summed E-state index contributed by atoms with van der Waals surface area (Å²) in [5.41, 5.74) is 0.871. The molecule has 1 aromatic heterocycles. The highest BCUT2D eigenvalue weighted by molar-refractivity contribution is 6.30. The molecular formula is C12H20ClN3O. The molecule has 0 atom stereocenters. The largest absolute Gasteiger partial charge is 0.394 e. The molecule has 0 radical (unpaired) electrons. The van der Waals surface area contributed by atoms with Crippen molar-refractivity contribution in [3.05, 3.63) is 16.7 Å². The number of imidazole rings is 1. The number of rotatable bonds is 7. The maximum absolute atomic E-state index is 9.20. The maximum Gasteiger partial charge on any atom is 0.151 e. The highest BCUT2D eigenvalue weighted by atomic mass is 35.5. The minimum absolute atomic E-state index is 0.0575. The predicted molar refractivity (Wildman–Crippen MR) is 68.1 cm³/mol. The van der Waals surface area contributed by atoms with E-state index in [1.54, 1.807) is 0 Å². The van der Waals surface area contributed by atoms with E-state index in [2.05, 4.69) is 22.2 Å². The minimum atomic E-state index is -0.0575. The summed E-state index contributed by atoms with van der Waals surface area (Å²) in [7, 11) is 0. The monoisotopic (exact) mass is 257 g/mol. The second kappa shape index (κ2) is 5.38. The fourth-order valence-electron chi connectivity index (χ4n) is 1.84. The van der Waals surface area contributed by atoms with E-state index in [-0.39, 0.29) is 12.1 Å². The zero-order valence-electron chi connectivity index (χ0n) is 10.2. The van der Waals surface area contributed by atoms with E-state index in [1.165, 1.54) is 0 Å². The number of nitrogens with one attached hydrogen (secondary N) is 2. The van der Waals surface area contributed by atoms with Gasteiger partial charge in [-0.15, -0.1) is 0 Å². The van der Waals surface area contributed by atoms with Crippen LogP contribution in [-0.4, -0.2) is 27.2 Å². The van der Waals surface area contributed by atoms with Crippen LogP contribution < -0.4 is 5.32 Å². The van der Waals surface area contributed by atoms with Gasteiger partial charge in [-0.1, -0.05) is 24.9 Å². The minimum Gasteiger partial charge on any atom is -0.394 e. The van der Waals surface area contributed by atoms with Crippen LogP contribution in [0.5, 0.6) is 0 Å². The normalized spacial score (nSPS) is 17.4. The van der Waals surface area contributed by atoms with E-state index in [1.807, 2.05) is 0 Å². The molecule has 0 aromatic carbocycles. The summed E-state index contributed by atoms with van der Waals surface area (Å²) in [6.45, 7) is 3.01. The van der Waals surface area contributed by atoms with E-state index in [4.69, 9.17) is 11.6 Å². The van der Waals surface area contributed by atoms with Crippen molar-refractivity contribution in [2.24, 2.45) is 0 Å². The Balaban J connectivity index is 1.89. The summed E-state index contributed by atoms with van der Waals surface area (Å²) in [5.74, 6) is 0.961. The Morgan fingerprint density at radius 3 is 2.88 bits per heavy atom. The summed E-state index contributed by atoms with van der Waals surface area (Å²) in [6.07, 6.45) is 5.30. The lowest BCUT2D eigenvalue weighted by atomic mass is 10.2. The first-order valence-corrected chi connectivity index (χ1v) is 6.66. The maximum atomic E-state index is 9.20. The number of hydrogen-bond acceptors (Lipinski definition) is 3. The summed E-state index contributed by atoms with van der Waals surface area (Å²) in [4.78, 5) is 7.56. The molecular weight excluding hydrogens is 238 g/mol. The van der Waals surface area contributed by atoms with Crippen molar-refractivity contribution in [1.29, 1.82) is 0 Å². The van der Waals surface area contributed by atoms with Crippen molar-refractivity contribution in [3.63, 3.8) is 0 Å². The van der Waals surface area contributed by atoms with Crippen LogP contribution in [0.25, 0.3) is 0 Å². The van der Waals surface area contributed by atoms with Gasteiger partial charge < -0.3 is 15.4 Å². The highest BCUT2D eigenvalue weighted by Crippen LogP contribution is 2.35. The van der Waals surface area contributed by atoms with Gasteiger partial charge in [0.05, 0.1) is 12.3 Å². The molecule has 0 saturated heterocycles. The van der Waals surface area contributed by atoms with Gasteiger partial charge >= 0.3 is 0 Å². The van der Waals surface area contributed by atoms with Crippen LogP contribution >= 0.6 is 11.6 Å². The van der Waals surface area contributed by atoms with Gasteiger partial charge in [0.2, 0.25) is 0 Å². The zero-order valence-corrected chi connectivity index (χ0v) is 11.0. The molecule has 3 N–H and O–H groups in total. The van der Waals surface area contributed by atoms with E-state index in [0.717, 1.165) is 43.6 Å². The average molecular weight is 258 g/mol. The fraction of sp³-hybridized carbons (Fsp3) is 0.750. The lowest BCUT2D eigenvalue weighted by Gasteiger charge is -2.12. The molecule has 1 fully saturated rings. The number of aliphatic hydroxyl groups is 1.